The normalized spacial score (nSPS) is 41.8. The molecule has 0 amide bonds. The minimum absolute atomic E-state index is 0.0127. The van der Waals surface area contributed by atoms with E-state index in [1.165, 1.54) is 4.68 Å². The Balaban J connectivity index is 1.42. The number of ether oxygens (including phenoxy) is 1. The zero-order valence-electron chi connectivity index (χ0n) is 19.5. The molecule has 4 aliphatic carbocycles. The number of aromatic nitrogens is 3. The number of aliphatic hydroxyl groups excluding tert-OH is 1. The lowest BCUT2D eigenvalue weighted by molar-refractivity contribution is -0.177. The van der Waals surface area contributed by atoms with E-state index in [2.05, 4.69) is 17.2 Å². The molecule has 0 aromatic carbocycles. The van der Waals surface area contributed by atoms with E-state index in [4.69, 9.17) is 4.74 Å². The van der Waals surface area contributed by atoms with Gasteiger partial charge >= 0.3 is 0 Å². The van der Waals surface area contributed by atoms with E-state index in [1.54, 1.807) is 25.5 Å². The minimum Gasteiger partial charge on any atom is -0.393 e. The molecule has 2 N–H and O–H groups in total. The second-order valence-corrected chi connectivity index (χ2v) is 10.9. The van der Waals surface area contributed by atoms with Crippen LogP contribution in [0.15, 0.2) is 30.0 Å². The Labute approximate surface area is 193 Å². The first-order valence-electron chi connectivity index (χ1n) is 11.9. The van der Waals surface area contributed by atoms with Gasteiger partial charge in [0, 0.05) is 23.9 Å². The van der Waals surface area contributed by atoms with Gasteiger partial charge in [0.15, 0.2) is 11.6 Å². The third kappa shape index (κ3) is 3.21. The van der Waals surface area contributed by atoms with Crippen LogP contribution >= 0.6 is 0 Å². The van der Waals surface area contributed by atoms with Crippen molar-refractivity contribution in [1.29, 1.82) is 0 Å². The zero-order chi connectivity index (χ0) is 23.6. The van der Waals surface area contributed by atoms with Crippen LogP contribution in [-0.2, 0) is 27.5 Å². The van der Waals surface area contributed by atoms with Gasteiger partial charge < -0.3 is 14.9 Å². The number of carbonyl (C=O) groups is 2. The molecular weight excluding hydrogens is 422 g/mol. The van der Waals surface area contributed by atoms with Crippen LogP contribution in [0.4, 0.5) is 0 Å². The maximum atomic E-state index is 13.4. The Morgan fingerprint density at radius 2 is 2.12 bits per heavy atom. The first-order chi connectivity index (χ1) is 15.6. The lowest BCUT2D eigenvalue weighted by Crippen LogP contribution is -2.61. The van der Waals surface area contributed by atoms with Gasteiger partial charge in [0.1, 0.15) is 17.8 Å². The molecule has 0 saturated heterocycles. The van der Waals surface area contributed by atoms with Crippen molar-refractivity contribution in [2.75, 3.05) is 7.11 Å². The number of aliphatic hydroxyl groups is 2. The average molecular weight is 456 g/mol. The SMILES string of the molecule is COCc1cn(CC(=O)[C@@]2(O)CCC3C4CCC5=CC(=O)C=CC5(C)C4[C@@H](O)CC32C)nn1. The predicted octanol–water partition coefficient (Wildman–Crippen LogP) is 2.00. The Morgan fingerprint density at radius 3 is 2.88 bits per heavy atom. The van der Waals surface area contributed by atoms with E-state index >= 15 is 0 Å². The fourth-order valence-electron chi connectivity index (χ4n) is 7.70. The first-order valence-corrected chi connectivity index (χ1v) is 11.9. The van der Waals surface area contributed by atoms with Crippen molar-refractivity contribution in [3.63, 3.8) is 0 Å². The summed E-state index contributed by atoms with van der Waals surface area (Å²) in [4.78, 5) is 25.4. The van der Waals surface area contributed by atoms with Gasteiger partial charge in [-0.1, -0.05) is 30.7 Å². The molecule has 4 aliphatic rings. The summed E-state index contributed by atoms with van der Waals surface area (Å²) in [6.07, 6.45) is 9.49. The van der Waals surface area contributed by atoms with Crippen LogP contribution in [0.3, 0.4) is 0 Å². The number of carbonyl (C=O) groups excluding carboxylic acids is 2. The molecule has 0 bridgehead atoms. The van der Waals surface area contributed by atoms with Crippen molar-refractivity contribution in [3.8, 4) is 0 Å². The van der Waals surface area contributed by atoms with E-state index in [9.17, 15) is 19.8 Å². The van der Waals surface area contributed by atoms with Crippen molar-refractivity contribution in [2.45, 2.75) is 70.8 Å². The maximum Gasteiger partial charge on any atom is 0.186 e. The molecule has 178 valence electrons. The Kier molecular flexibility index (Phi) is 5.27. The number of methoxy groups -OCH3 is 1. The minimum atomic E-state index is -1.52. The lowest BCUT2D eigenvalue weighted by Gasteiger charge is -2.59. The van der Waals surface area contributed by atoms with Gasteiger partial charge in [-0.25, -0.2) is 4.68 Å². The maximum absolute atomic E-state index is 13.4. The molecule has 5 unspecified atom stereocenters. The van der Waals surface area contributed by atoms with Crippen LogP contribution in [0.1, 0.15) is 51.6 Å². The highest BCUT2D eigenvalue weighted by molar-refractivity contribution is 6.01. The molecule has 0 spiro atoms. The number of fused-ring (bicyclic) bond motifs is 5. The molecule has 3 saturated carbocycles. The lowest BCUT2D eigenvalue weighted by atomic mass is 9.46. The molecule has 1 heterocycles. The summed E-state index contributed by atoms with van der Waals surface area (Å²) in [5.74, 6) is 0.0186. The van der Waals surface area contributed by atoms with Crippen molar-refractivity contribution >= 4 is 11.6 Å². The molecule has 1 aromatic rings. The number of hydrogen-bond acceptors (Lipinski definition) is 7. The van der Waals surface area contributed by atoms with E-state index < -0.39 is 17.1 Å². The fourth-order valence-corrected chi connectivity index (χ4v) is 7.70. The molecule has 33 heavy (non-hydrogen) atoms. The zero-order valence-corrected chi connectivity index (χ0v) is 19.5. The smallest absolute Gasteiger partial charge is 0.186 e. The van der Waals surface area contributed by atoms with Gasteiger partial charge in [-0.05, 0) is 56.1 Å². The van der Waals surface area contributed by atoms with E-state index in [0.29, 0.717) is 25.1 Å². The van der Waals surface area contributed by atoms with Crippen LogP contribution in [0, 0.1) is 28.6 Å². The standard InChI is InChI=1S/C25H33N3O5/c1-23-8-6-17(29)10-15(23)4-5-18-19-7-9-25(32,24(19,2)11-20(30)22(18)23)21(31)13-28-12-16(14-33-3)26-27-28/h6,8,10,12,18-20,22,30,32H,4-5,7,9,11,13-14H2,1-3H3/t18?,19?,20-,22?,23?,24?,25-/m0/s1. The number of ketones is 2. The summed E-state index contributed by atoms with van der Waals surface area (Å²) < 4.78 is 6.52. The monoisotopic (exact) mass is 455 g/mol. The Bertz CT molecular complexity index is 1050. The summed E-state index contributed by atoms with van der Waals surface area (Å²) in [6, 6.07) is 0. The molecule has 3 fully saturated rings. The van der Waals surface area contributed by atoms with Crippen LogP contribution in [0.25, 0.3) is 0 Å². The molecule has 0 aliphatic heterocycles. The summed E-state index contributed by atoms with van der Waals surface area (Å²) in [6.45, 7) is 4.35. The number of nitrogens with zero attached hydrogens (tertiary/aromatic N) is 3. The van der Waals surface area contributed by atoms with Crippen LogP contribution in [0.2, 0.25) is 0 Å². The number of hydrogen-bond donors (Lipinski definition) is 2. The van der Waals surface area contributed by atoms with Gasteiger partial charge in [0.2, 0.25) is 0 Å². The van der Waals surface area contributed by atoms with Crippen LogP contribution in [-0.4, -0.2) is 55.6 Å². The predicted molar refractivity (Wildman–Crippen MR) is 119 cm³/mol. The molecule has 5 rings (SSSR count). The quantitative estimate of drug-likeness (QED) is 0.698. The topological polar surface area (TPSA) is 115 Å². The highest BCUT2D eigenvalue weighted by Gasteiger charge is 2.68. The third-order valence-electron chi connectivity index (χ3n) is 9.29. The fraction of sp³-hybridized carbons (Fsp3) is 0.680. The van der Waals surface area contributed by atoms with Crippen molar-refractivity contribution in [2.24, 2.45) is 28.6 Å². The second-order valence-electron chi connectivity index (χ2n) is 10.9. The highest BCUT2D eigenvalue weighted by Crippen LogP contribution is 2.67. The summed E-state index contributed by atoms with van der Waals surface area (Å²) in [5.41, 5.74) is -0.872. The average Bonchev–Trinajstić information content (AvgIpc) is 3.30. The van der Waals surface area contributed by atoms with E-state index in [-0.39, 0.29) is 41.3 Å². The molecule has 1 aromatic heterocycles. The number of rotatable bonds is 5. The van der Waals surface area contributed by atoms with E-state index in [0.717, 1.165) is 24.8 Å². The van der Waals surface area contributed by atoms with Gasteiger partial charge in [-0.15, -0.1) is 5.10 Å². The van der Waals surface area contributed by atoms with Gasteiger partial charge in [0.05, 0.1) is 18.9 Å². The third-order valence-corrected chi connectivity index (χ3v) is 9.29. The van der Waals surface area contributed by atoms with E-state index in [1.807, 2.05) is 13.0 Å². The Morgan fingerprint density at radius 1 is 1.33 bits per heavy atom. The van der Waals surface area contributed by atoms with Gasteiger partial charge in [0.25, 0.3) is 0 Å². The summed E-state index contributed by atoms with van der Waals surface area (Å²) in [5, 5.41) is 31.3. The van der Waals surface area contributed by atoms with Crippen molar-refractivity contribution in [3.05, 3.63) is 35.7 Å². The highest BCUT2D eigenvalue weighted by atomic mass is 16.5. The molecular formula is C25H33N3O5. The second kappa shape index (κ2) is 7.68. The van der Waals surface area contributed by atoms with Gasteiger partial charge in [-0.2, -0.15) is 0 Å². The Hall–Kier alpha value is -2.16. The molecule has 7 atom stereocenters. The number of allylic oxidation sites excluding steroid dienone is 4. The molecule has 0 radical (unpaired) electrons. The van der Waals surface area contributed by atoms with Crippen molar-refractivity contribution in [1.82, 2.24) is 15.0 Å². The van der Waals surface area contributed by atoms with Crippen LogP contribution < -0.4 is 0 Å². The summed E-state index contributed by atoms with van der Waals surface area (Å²) >= 11 is 0. The first kappa shape index (κ1) is 22.6. The van der Waals surface area contributed by atoms with Crippen LogP contribution in [0.5, 0.6) is 0 Å². The van der Waals surface area contributed by atoms with Gasteiger partial charge in [-0.3, -0.25) is 9.59 Å². The number of Topliss-reactive ketones (excluding diaryl/α,β-unsaturated/α-hetero) is 1. The molecule has 8 nitrogen and oxygen atoms in total. The largest absolute Gasteiger partial charge is 0.393 e. The molecule has 8 heteroatoms. The van der Waals surface area contributed by atoms with Crippen molar-refractivity contribution < 1.29 is 24.5 Å². The summed E-state index contributed by atoms with van der Waals surface area (Å²) in [7, 11) is 1.57.